The molecule has 2 heterocycles. The number of nitrogens with zero attached hydrogens (tertiary/aromatic N) is 2. The van der Waals surface area contributed by atoms with Crippen LogP contribution in [-0.4, -0.2) is 56.1 Å². The molecule has 2 aromatic rings. The fourth-order valence-electron chi connectivity index (χ4n) is 4.60. The van der Waals surface area contributed by atoms with Gasteiger partial charge in [0.15, 0.2) is 11.5 Å². The van der Waals surface area contributed by atoms with Gasteiger partial charge in [-0.2, -0.15) is 0 Å². The number of piperazine rings is 1. The van der Waals surface area contributed by atoms with Crippen molar-refractivity contribution in [3.05, 3.63) is 59.2 Å². The minimum absolute atomic E-state index is 0.271. The average Bonchev–Trinajstić information content (AvgIpc) is 2.78. The highest BCUT2D eigenvalue weighted by Gasteiger charge is 2.33. The second kappa shape index (κ2) is 8.87. The van der Waals surface area contributed by atoms with Gasteiger partial charge in [-0.3, -0.25) is 9.69 Å². The van der Waals surface area contributed by atoms with Crippen LogP contribution in [0.15, 0.2) is 42.5 Å². The molecule has 5 heteroatoms. The zero-order valence-corrected chi connectivity index (χ0v) is 17.4. The highest BCUT2D eigenvalue weighted by Crippen LogP contribution is 2.33. The molecule has 2 aliphatic heterocycles. The molecule has 0 aromatic heterocycles. The van der Waals surface area contributed by atoms with Gasteiger partial charge in [0.2, 0.25) is 5.91 Å². The van der Waals surface area contributed by atoms with Crippen LogP contribution in [0.1, 0.15) is 35.6 Å². The second-order valence-corrected chi connectivity index (χ2v) is 7.88. The lowest BCUT2D eigenvalue weighted by Gasteiger charge is -2.45. The standard InChI is InChI=1S/C24H30N2O3/c1-28-22-11-10-18(16-23(22)29-2)6-5-9-24(27)26-15-14-25-13-12-19-7-3-4-8-20(19)21(25)17-26/h3-4,7-8,10-11,16,21H,5-6,9,12-15,17H2,1-2H3. The van der Waals surface area contributed by atoms with Crippen molar-refractivity contribution in [1.29, 1.82) is 0 Å². The lowest BCUT2D eigenvalue weighted by Crippen LogP contribution is -2.52. The first-order valence-corrected chi connectivity index (χ1v) is 10.5. The van der Waals surface area contributed by atoms with Crippen LogP contribution in [0, 0.1) is 0 Å². The predicted molar refractivity (Wildman–Crippen MR) is 114 cm³/mol. The number of fused-ring (bicyclic) bond motifs is 3. The van der Waals surface area contributed by atoms with Crippen LogP contribution in [-0.2, 0) is 17.6 Å². The number of carbonyl (C=O) groups is 1. The van der Waals surface area contributed by atoms with E-state index in [-0.39, 0.29) is 5.91 Å². The molecule has 0 N–H and O–H groups in total. The summed E-state index contributed by atoms with van der Waals surface area (Å²) in [5, 5.41) is 0. The zero-order chi connectivity index (χ0) is 20.2. The molecule has 0 aliphatic carbocycles. The number of benzene rings is 2. The summed E-state index contributed by atoms with van der Waals surface area (Å²) in [4.78, 5) is 17.5. The summed E-state index contributed by atoms with van der Waals surface area (Å²) in [7, 11) is 3.29. The summed E-state index contributed by atoms with van der Waals surface area (Å²) in [6.07, 6.45) is 3.41. The van der Waals surface area contributed by atoms with Crippen LogP contribution in [0.5, 0.6) is 11.5 Å². The number of aryl methyl sites for hydroxylation is 1. The SMILES string of the molecule is COc1ccc(CCCC(=O)N2CCN3CCc4ccccc4C3C2)cc1OC. The molecule has 5 nitrogen and oxygen atoms in total. The van der Waals surface area contributed by atoms with Gasteiger partial charge in [-0.25, -0.2) is 0 Å². The van der Waals surface area contributed by atoms with Gasteiger partial charge in [-0.05, 0) is 48.1 Å². The molecule has 29 heavy (non-hydrogen) atoms. The molecule has 2 aliphatic rings. The molecule has 0 spiro atoms. The molecule has 2 aromatic carbocycles. The first kappa shape index (κ1) is 19.8. The molecule has 0 bridgehead atoms. The Bertz CT molecular complexity index is 867. The number of hydrogen-bond acceptors (Lipinski definition) is 4. The molecule has 1 atom stereocenters. The van der Waals surface area contributed by atoms with Gasteiger partial charge < -0.3 is 14.4 Å². The Balaban J connectivity index is 1.33. The van der Waals surface area contributed by atoms with E-state index in [1.807, 2.05) is 18.2 Å². The largest absolute Gasteiger partial charge is 0.493 e. The lowest BCUT2D eigenvalue weighted by molar-refractivity contribution is -0.134. The van der Waals surface area contributed by atoms with E-state index in [9.17, 15) is 4.79 Å². The van der Waals surface area contributed by atoms with Gasteiger partial charge in [-0.15, -0.1) is 0 Å². The number of hydrogen-bond donors (Lipinski definition) is 0. The van der Waals surface area contributed by atoms with Gasteiger partial charge in [0.1, 0.15) is 0 Å². The number of methoxy groups -OCH3 is 2. The summed E-state index contributed by atoms with van der Waals surface area (Å²) < 4.78 is 10.7. The van der Waals surface area contributed by atoms with Crippen molar-refractivity contribution < 1.29 is 14.3 Å². The van der Waals surface area contributed by atoms with E-state index in [2.05, 4.69) is 34.1 Å². The van der Waals surface area contributed by atoms with E-state index in [1.54, 1.807) is 14.2 Å². The van der Waals surface area contributed by atoms with Crippen molar-refractivity contribution in [2.45, 2.75) is 31.7 Å². The number of ether oxygens (including phenoxy) is 2. The van der Waals surface area contributed by atoms with Crippen molar-refractivity contribution in [3.63, 3.8) is 0 Å². The van der Waals surface area contributed by atoms with Crippen LogP contribution in [0.2, 0.25) is 0 Å². The van der Waals surface area contributed by atoms with Crippen LogP contribution < -0.4 is 9.47 Å². The fourth-order valence-corrected chi connectivity index (χ4v) is 4.60. The summed E-state index contributed by atoms with van der Waals surface area (Å²) in [6.45, 7) is 3.73. The minimum atomic E-state index is 0.271. The van der Waals surface area contributed by atoms with Crippen LogP contribution in [0.25, 0.3) is 0 Å². The van der Waals surface area contributed by atoms with Crippen molar-refractivity contribution in [2.24, 2.45) is 0 Å². The summed E-state index contributed by atoms with van der Waals surface area (Å²) >= 11 is 0. The Kier molecular flexibility index (Phi) is 6.05. The second-order valence-electron chi connectivity index (χ2n) is 7.88. The topological polar surface area (TPSA) is 42.0 Å². The van der Waals surface area contributed by atoms with E-state index < -0.39 is 0 Å². The zero-order valence-electron chi connectivity index (χ0n) is 17.4. The third-order valence-electron chi connectivity index (χ3n) is 6.23. The maximum Gasteiger partial charge on any atom is 0.222 e. The first-order valence-electron chi connectivity index (χ1n) is 10.5. The monoisotopic (exact) mass is 394 g/mol. The average molecular weight is 395 g/mol. The van der Waals surface area contributed by atoms with E-state index in [4.69, 9.17) is 9.47 Å². The molecule has 4 rings (SSSR count). The summed E-state index contributed by atoms with van der Waals surface area (Å²) in [5.74, 6) is 1.74. The molecule has 154 valence electrons. The molecule has 1 saturated heterocycles. The van der Waals surface area contributed by atoms with Gasteiger partial charge in [0.05, 0.1) is 20.3 Å². The van der Waals surface area contributed by atoms with Crippen molar-refractivity contribution in [1.82, 2.24) is 9.80 Å². The maximum absolute atomic E-state index is 12.9. The van der Waals surface area contributed by atoms with E-state index >= 15 is 0 Å². The first-order chi connectivity index (χ1) is 14.2. The highest BCUT2D eigenvalue weighted by atomic mass is 16.5. The Morgan fingerprint density at radius 2 is 1.86 bits per heavy atom. The van der Waals surface area contributed by atoms with Gasteiger partial charge in [0.25, 0.3) is 0 Å². The van der Waals surface area contributed by atoms with E-state index in [1.165, 1.54) is 16.7 Å². The smallest absolute Gasteiger partial charge is 0.222 e. The third-order valence-corrected chi connectivity index (χ3v) is 6.23. The summed E-state index contributed by atoms with van der Waals surface area (Å²) in [5.41, 5.74) is 4.01. The number of rotatable bonds is 6. The molecular weight excluding hydrogens is 364 g/mol. The Morgan fingerprint density at radius 1 is 1.03 bits per heavy atom. The normalized spacial score (nSPS) is 18.7. The Labute approximate surface area is 173 Å². The highest BCUT2D eigenvalue weighted by molar-refractivity contribution is 5.76. The molecule has 0 saturated carbocycles. The van der Waals surface area contributed by atoms with Gasteiger partial charge in [-0.1, -0.05) is 30.3 Å². The molecular formula is C24H30N2O3. The van der Waals surface area contributed by atoms with Gasteiger partial charge in [0, 0.05) is 32.6 Å². The van der Waals surface area contributed by atoms with E-state index in [0.717, 1.165) is 56.9 Å². The number of carbonyl (C=O) groups excluding carboxylic acids is 1. The summed E-state index contributed by atoms with van der Waals surface area (Å²) in [6, 6.07) is 15.0. The third kappa shape index (κ3) is 4.25. The molecule has 0 radical (unpaired) electrons. The predicted octanol–water partition coefficient (Wildman–Crippen LogP) is 3.47. The van der Waals surface area contributed by atoms with Crippen LogP contribution in [0.4, 0.5) is 0 Å². The van der Waals surface area contributed by atoms with Crippen LogP contribution in [0.3, 0.4) is 0 Å². The Hall–Kier alpha value is -2.53. The van der Waals surface area contributed by atoms with Crippen molar-refractivity contribution in [3.8, 4) is 11.5 Å². The quantitative estimate of drug-likeness (QED) is 0.752. The van der Waals surface area contributed by atoms with Crippen molar-refractivity contribution >= 4 is 5.91 Å². The number of amides is 1. The van der Waals surface area contributed by atoms with Crippen LogP contribution >= 0.6 is 0 Å². The minimum Gasteiger partial charge on any atom is -0.493 e. The van der Waals surface area contributed by atoms with E-state index in [0.29, 0.717) is 12.5 Å². The lowest BCUT2D eigenvalue weighted by atomic mass is 9.91. The van der Waals surface area contributed by atoms with Gasteiger partial charge >= 0.3 is 0 Å². The maximum atomic E-state index is 12.9. The Morgan fingerprint density at radius 3 is 2.69 bits per heavy atom. The molecule has 1 amide bonds. The molecule has 1 unspecified atom stereocenters. The van der Waals surface area contributed by atoms with Crippen molar-refractivity contribution in [2.75, 3.05) is 40.4 Å². The fraction of sp³-hybridized carbons (Fsp3) is 0.458. The molecule has 1 fully saturated rings.